The maximum Gasteiger partial charge on any atom is 0.317 e. The highest BCUT2D eigenvalue weighted by Crippen LogP contribution is 2.24. The lowest BCUT2D eigenvalue weighted by Gasteiger charge is -2.35. The molecule has 4 heterocycles. The molecular weight excluding hydrogens is 332 g/mol. The summed E-state index contributed by atoms with van der Waals surface area (Å²) in [5, 5.41) is 7.36. The van der Waals surface area contributed by atoms with E-state index in [1.165, 1.54) is 0 Å². The summed E-state index contributed by atoms with van der Waals surface area (Å²) in [4.78, 5) is 32.8. The number of hydrogen-bond donors (Lipinski definition) is 1. The number of likely N-dealkylation sites (tertiary alicyclic amines) is 1. The van der Waals surface area contributed by atoms with Gasteiger partial charge in [-0.2, -0.15) is 5.10 Å². The average molecular weight is 354 g/mol. The van der Waals surface area contributed by atoms with Crippen LogP contribution < -0.4 is 5.32 Å². The predicted molar refractivity (Wildman–Crippen MR) is 95.1 cm³/mol. The first-order chi connectivity index (χ1) is 12.6. The first kappa shape index (κ1) is 16.6. The second-order valence-electron chi connectivity index (χ2n) is 6.73. The molecule has 4 rings (SSSR count). The Morgan fingerprint density at radius 3 is 2.96 bits per heavy atom. The van der Waals surface area contributed by atoms with E-state index in [4.69, 9.17) is 0 Å². The Kier molecular flexibility index (Phi) is 4.10. The number of piperidine rings is 1. The molecule has 8 nitrogen and oxygen atoms in total. The summed E-state index contributed by atoms with van der Waals surface area (Å²) in [5.41, 5.74) is 1.46. The Labute approximate surface area is 151 Å². The van der Waals surface area contributed by atoms with Gasteiger partial charge in [-0.1, -0.05) is 13.0 Å². The fourth-order valence-electron chi connectivity index (χ4n) is 3.88. The maximum absolute atomic E-state index is 13.1. The monoisotopic (exact) mass is 354 g/mol. The average Bonchev–Trinajstić information content (AvgIpc) is 3.22. The van der Waals surface area contributed by atoms with Crippen molar-refractivity contribution in [2.75, 3.05) is 20.1 Å². The number of aromatic nitrogens is 3. The van der Waals surface area contributed by atoms with Crippen molar-refractivity contribution in [3.8, 4) is 5.82 Å². The van der Waals surface area contributed by atoms with Crippen LogP contribution in [0.1, 0.15) is 29.4 Å². The maximum atomic E-state index is 13.1. The molecule has 2 aliphatic heterocycles. The fourth-order valence-corrected chi connectivity index (χ4v) is 3.88. The topological polar surface area (TPSA) is 83.4 Å². The van der Waals surface area contributed by atoms with Crippen molar-refractivity contribution in [1.29, 1.82) is 0 Å². The highest BCUT2D eigenvalue weighted by molar-refractivity contribution is 5.95. The molecule has 0 unspecified atom stereocenters. The molecule has 2 aromatic rings. The van der Waals surface area contributed by atoms with E-state index in [2.05, 4.69) is 15.4 Å². The quantitative estimate of drug-likeness (QED) is 0.894. The van der Waals surface area contributed by atoms with Gasteiger partial charge in [0.25, 0.3) is 5.91 Å². The van der Waals surface area contributed by atoms with Crippen molar-refractivity contribution in [1.82, 2.24) is 29.9 Å². The molecule has 0 saturated carbocycles. The van der Waals surface area contributed by atoms with E-state index in [0.29, 0.717) is 30.9 Å². The van der Waals surface area contributed by atoms with Crippen LogP contribution in [0.5, 0.6) is 0 Å². The molecule has 2 aliphatic rings. The van der Waals surface area contributed by atoms with Gasteiger partial charge in [-0.3, -0.25) is 4.79 Å². The van der Waals surface area contributed by atoms with E-state index in [9.17, 15) is 9.59 Å². The smallest absolute Gasteiger partial charge is 0.317 e. The van der Waals surface area contributed by atoms with Gasteiger partial charge in [0.15, 0.2) is 5.82 Å². The number of likely N-dealkylation sites (N-methyl/N-ethyl adjacent to an activating group) is 1. The summed E-state index contributed by atoms with van der Waals surface area (Å²) in [6.45, 7) is 3.17. The second-order valence-corrected chi connectivity index (χ2v) is 6.73. The second kappa shape index (κ2) is 6.44. The first-order valence-corrected chi connectivity index (χ1v) is 8.91. The molecule has 0 aromatic carbocycles. The van der Waals surface area contributed by atoms with E-state index in [0.717, 1.165) is 12.1 Å². The van der Waals surface area contributed by atoms with Crippen LogP contribution in [0.25, 0.3) is 5.82 Å². The zero-order valence-corrected chi connectivity index (χ0v) is 14.9. The summed E-state index contributed by atoms with van der Waals surface area (Å²) < 4.78 is 1.73. The molecule has 2 atom stereocenters. The van der Waals surface area contributed by atoms with Gasteiger partial charge in [0, 0.05) is 26.3 Å². The molecule has 2 aromatic heterocycles. The van der Waals surface area contributed by atoms with Crippen LogP contribution in [0.4, 0.5) is 4.79 Å². The van der Waals surface area contributed by atoms with E-state index in [1.54, 1.807) is 22.0 Å². The number of amides is 3. The molecule has 2 fully saturated rings. The van der Waals surface area contributed by atoms with Gasteiger partial charge in [0.1, 0.15) is 0 Å². The summed E-state index contributed by atoms with van der Waals surface area (Å²) in [6, 6.07) is 5.70. The highest BCUT2D eigenvalue weighted by atomic mass is 16.2. The molecule has 1 N–H and O–H groups in total. The Bertz CT molecular complexity index is 833. The number of nitrogens with zero attached hydrogens (tertiary/aromatic N) is 5. The molecule has 0 bridgehead atoms. The van der Waals surface area contributed by atoms with Gasteiger partial charge in [0.05, 0.1) is 29.5 Å². The molecule has 2 saturated heterocycles. The molecule has 136 valence electrons. The minimum absolute atomic E-state index is 0.0129. The number of fused-ring (bicyclic) bond motifs is 1. The molecule has 0 radical (unpaired) electrons. The Morgan fingerprint density at radius 2 is 2.23 bits per heavy atom. The summed E-state index contributed by atoms with van der Waals surface area (Å²) in [5.74, 6) is 0.665. The number of hydrogen-bond acceptors (Lipinski definition) is 4. The van der Waals surface area contributed by atoms with Gasteiger partial charge in [-0.05, 0) is 25.0 Å². The number of pyridine rings is 1. The molecule has 8 heteroatoms. The van der Waals surface area contributed by atoms with Crippen LogP contribution in [-0.4, -0.2) is 68.7 Å². The Balaban J connectivity index is 1.58. The fraction of sp³-hybridized carbons (Fsp3) is 0.444. The van der Waals surface area contributed by atoms with Crippen LogP contribution in [0, 0.1) is 0 Å². The molecule has 26 heavy (non-hydrogen) atoms. The van der Waals surface area contributed by atoms with E-state index in [-0.39, 0.29) is 24.0 Å². The molecule has 0 aliphatic carbocycles. The highest BCUT2D eigenvalue weighted by Gasteiger charge is 2.42. The number of nitrogens with one attached hydrogen (secondary N) is 1. The van der Waals surface area contributed by atoms with Crippen LogP contribution in [-0.2, 0) is 6.42 Å². The predicted octanol–water partition coefficient (Wildman–Crippen LogP) is 1.07. The zero-order valence-electron chi connectivity index (χ0n) is 14.9. The van der Waals surface area contributed by atoms with Crippen LogP contribution in [0.3, 0.4) is 0 Å². The SMILES string of the molecule is CCc1c(C(=O)N2CC[C@H]3[C@@H](C2)NC(=O)N3C)cnn1-c1ccccn1. The largest absolute Gasteiger partial charge is 0.336 e. The molecular formula is C18H22N6O2. The van der Waals surface area contributed by atoms with E-state index < -0.39 is 0 Å². The van der Waals surface area contributed by atoms with E-state index >= 15 is 0 Å². The van der Waals surface area contributed by atoms with Gasteiger partial charge in [-0.25, -0.2) is 14.5 Å². The molecule has 0 spiro atoms. The molecule has 3 amide bonds. The number of rotatable bonds is 3. The van der Waals surface area contributed by atoms with Crippen molar-refractivity contribution in [2.24, 2.45) is 0 Å². The number of carbonyl (C=O) groups is 2. The van der Waals surface area contributed by atoms with Crippen molar-refractivity contribution in [2.45, 2.75) is 31.8 Å². The lowest BCUT2D eigenvalue weighted by atomic mass is 9.99. The lowest BCUT2D eigenvalue weighted by molar-refractivity contribution is 0.0665. The summed E-state index contributed by atoms with van der Waals surface area (Å²) >= 11 is 0. The minimum atomic E-state index is -0.0634. The lowest BCUT2D eigenvalue weighted by Crippen LogP contribution is -2.52. The minimum Gasteiger partial charge on any atom is -0.336 e. The van der Waals surface area contributed by atoms with Crippen molar-refractivity contribution in [3.63, 3.8) is 0 Å². The third-order valence-electron chi connectivity index (χ3n) is 5.29. The normalized spacial score (nSPS) is 22.3. The van der Waals surface area contributed by atoms with Crippen molar-refractivity contribution in [3.05, 3.63) is 41.9 Å². The van der Waals surface area contributed by atoms with Crippen molar-refractivity contribution < 1.29 is 9.59 Å². The number of urea groups is 1. The summed E-state index contributed by atoms with van der Waals surface area (Å²) in [6.07, 6.45) is 4.79. The van der Waals surface area contributed by atoms with Crippen LogP contribution in [0.15, 0.2) is 30.6 Å². The first-order valence-electron chi connectivity index (χ1n) is 8.91. The van der Waals surface area contributed by atoms with E-state index in [1.807, 2.05) is 37.1 Å². The third-order valence-corrected chi connectivity index (χ3v) is 5.29. The zero-order chi connectivity index (χ0) is 18.3. The third kappa shape index (κ3) is 2.61. The van der Waals surface area contributed by atoms with Crippen LogP contribution in [0.2, 0.25) is 0 Å². The van der Waals surface area contributed by atoms with Gasteiger partial charge >= 0.3 is 6.03 Å². The Morgan fingerprint density at radius 1 is 1.38 bits per heavy atom. The number of carbonyl (C=O) groups excluding carboxylic acids is 2. The van der Waals surface area contributed by atoms with Gasteiger partial charge < -0.3 is 15.1 Å². The summed E-state index contributed by atoms with van der Waals surface area (Å²) in [7, 11) is 1.81. The van der Waals surface area contributed by atoms with Crippen LogP contribution >= 0.6 is 0 Å². The van der Waals surface area contributed by atoms with Gasteiger partial charge in [-0.15, -0.1) is 0 Å². The Hall–Kier alpha value is -2.90. The van der Waals surface area contributed by atoms with Crippen molar-refractivity contribution >= 4 is 11.9 Å². The standard InChI is InChI=1S/C18H22N6O2/c1-3-14-12(10-20-24(14)16-6-4-5-8-19-16)17(25)23-9-7-15-13(11-23)21-18(26)22(15)2/h4-6,8,10,13,15H,3,7,9,11H2,1-2H3,(H,21,26)/t13-,15+/m1/s1. The van der Waals surface area contributed by atoms with Gasteiger partial charge in [0.2, 0.25) is 0 Å².